The van der Waals surface area contributed by atoms with E-state index in [9.17, 15) is 4.39 Å². The van der Waals surface area contributed by atoms with Crippen LogP contribution in [0.5, 0.6) is 0 Å². The number of nitrogens with one attached hydrogen (secondary N) is 2. The summed E-state index contributed by atoms with van der Waals surface area (Å²) in [6.07, 6.45) is 4.60. The van der Waals surface area contributed by atoms with Crippen LogP contribution in [-0.2, 0) is 6.42 Å². The lowest BCUT2D eigenvalue weighted by Crippen LogP contribution is -2.48. The molecule has 0 aromatic heterocycles. The van der Waals surface area contributed by atoms with Crippen LogP contribution in [0.2, 0.25) is 5.02 Å². The van der Waals surface area contributed by atoms with Gasteiger partial charge in [-0.1, -0.05) is 23.7 Å². The fourth-order valence-electron chi connectivity index (χ4n) is 3.01. The Morgan fingerprint density at radius 1 is 1.42 bits per heavy atom. The average Bonchev–Trinajstić information content (AvgIpc) is 2.59. The summed E-state index contributed by atoms with van der Waals surface area (Å²) in [5, 5.41) is 7.22. The van der Waals surface area contributed by atoms with Gasteiger partial charge in [-0.25, -0.2) is 4.39 Å². The SMILES string of the molecule is C=CCN1CCC(NC(=NCCc2c(F)cccc2Cl)NCC)CC1.I. The summed E-state index contributed by atoms with van der Waals surface area (Å²) < 4.78 is 13.8. The van der Waals surface area contributed by atoms with Gasteiger partial charge in [0.25, 0.3) is 0 Å². The Bertz CT molecular complexity index is 569. The van der Waals surface area contributed by atoms with Crippen LogP contribution in [-0.4, -0.2) is 49.6 Å². The highest BCUT2D eigenvalue weighted by molar-refractivity contribution is 14.0. The van der Waals surface area contributed by atoms with Crippen molar-refractivity contribution in [3.05, 3.63) is 47.3 Å². The van der Waals surface area contributed by atoms with Crippen molar-refractivity contribution in [2.75, 3.05) is 32.7 Å². The molecule has 1 fully saturated rings. The molecule has 1 saturated heterocycles. The molecule has 0 radical (unpaired) electrons. The number of hydrogen-bond acceptors (Lipinski definition) is 2. The summed E-state index contributed by atoms with van der Waals surface area (Å²) in [4.78, 5) is 6.98. The molecule has 2 rings (SSSR count). The topological polar surface area (TPSA) is 39.7 Å². The third-order valence-electron chi connectivity index (χ3n) is 4.35. The second-order valence-corrected chi connectivity index (χ2v) is 6.63. The molecule has 2 N–H and O–H groups in total. The van der Waals surface area contributed by atoms with E-state index in [0.717, 1.165) is 45.0 Å². The molecule has 1 heterocycles. The Balaban J connectivity index is 0.00000338. The molecule has 7 heteroatoms. The molecule has 4 nitrogen and oxygen atoms in total. The van der Waals surface area contributed by atoms with Gasteiger partial charge in [0.05, 0.1) is 0 Å². The van der Waals surface area contributed by atoms with Crippen LogP contribution < -0.4 is 10.6 Å². The molecule has 1 aliphatic heterocycles. The lowest BCUT2D eigenvalue weighted by atomic mass is 10.1. The van der Waals surface area contributed by atoms with Gasteiger partial charge in [-0.2, -0.15) is 0 Å². The summed E-state index contributed by atoms with van der Waals surface area (Å²) in [7, 11) is 0. The predicted molar refractivity (Wildman–Crippen MR) is 119 cm³/mol. The monoisotopic (exact) mass is 494 g/mol. The number of benzene rings is 1. The Hall–Kier alpha value is -0.860. The number of aliphatic imine (C=N–C) groups is 1. The van der Waals surface area contributed by atoms with E-state index >= 15 is 0 Å². The van der Waals surface area contributed by atoms with E-state index in [1.165, 1.54) is 6.07 Å². The van der Waals surface area contributed by atoms with Crippen molar-refractivity contribution in [1.82, 2.24) is 15.5 Å². The number of piperidine rings is 1. The number of nitrogens with zero attached hydrogens (tertiary/aromatic N) is 2. The Labute approximate surface area is 178 Å². The second-order valence-electron chi connectivity index (χ2n) is 6.22. The van der Waals surface area contributed by atoms with E-state index in [0.29, 0.717) is 29.6 Å². The van der Waals surface area contributed by atoms with E-state index < -0.39 is 0 Å². The van der Waals surface area contributed by atoms with Crippen molar-refractivity contribution in [1.29, 1.82) is 0 Å². The molecule has 0 spiro atoms. The third-order valence-corrected chi connectivity index (χ3v) is 4.71. The van der Waals surface area contributed by atoms with Crippen molar-refractivity contribution < 1.29 is 4.39 Å². The molecule has 26 heavy (non-hydrogen) atoms. The minimum absolute atomic E-state index is 0. The molecule has 0 atom stereocenters. The predicted octanol–water partition coefficient (Wildman–Crippen LogP) is 3.85. The van der Waals surface area contributed by atoms with Crippen molar-refractivity contribution in [3.63, 3.8) is 0 Å². The first kappa shape index (κ1) is 23.2. The summed E-state index contributed by atoms with van der Waals surface area (Å²) in [5.74, 6) is 0.521. The Kier molecular flexibility index (Phi) is 11.2. The van der Waals surface area contributed by atoms with E-state index in [-0.39, 0.29) is 29.8 Å². The van der Waals surface area contributed by atoms with E-state index in [1.807, 2.05) is 13.0 Å². The highest BCUT2D eigenvalue weighted by Crippen LogP contribution is 2.19. The molecule has 0 bridgehead atoms. The van der Waals surface area contributed by atoms with E-state index in [1.54, 1.807) is 12.1 Å². The molecule has 1 aliphatic rings. The van der Waals surface area contributed by atoms with Crippen LogP contribution in [0.25, 0.3) is 0 Å². The zero-order chi connectivity index (χ0) is 18.1. The van der Waals surface area contributed by atoms with Gasteiger partial charge in [0.15, 0.2) is 5.96 Å². The molecular weight excluding hydrogens is 466 g/mol. The summed E-state index contributed by atoms with van der Waals surface area (Å²) in [6, 6.07) is 5.18. The maximum Gasteiger partial charge on any atom is 0.191 e. The standard InChI is InChI=1S/C19H28ClFN4.HI/c1-3-12-25-13-9-15(10-14-25)24-19(22-4-2)23-11-8-16-17(20)6-5-7-18(16)21;/h3,5-7,15H,1,4,8-14H2,2H3,(H2,22,23,24);1H. The fourth-order valence-corrected chi connectivity index (χ4v) is 3.26. The highest BCUT2D eigenvalue weighted by Gasteiger charge is 2.19. The minimum Gasteiger partial charge on any atom is -0.357 e. The summed E-state index contributed by atoms with van der Waals surface area (Å²) in [6.45, 7) is 10.2. The first-order valence-corrected chi connectivity index (χ1v) is 9.32. The van der Waals surface area contributed by atoms with Gasteiger partial charge < -0.3 is 10.6 Å². The number of hydrogen-bond donors (Lipinski definition) is 2. The lowest BCUT2D eigenvalue weighted by molar-refractivity contribution is 0.225. The zero-order valence-electron chi connectivity index (χ0n) is 15.3. The smallest absolute Gasteiger partial charge is 0.191 e. The first-order chi connectivity index (χ1) is 12.1. The molecule has 0 unspecified atom stereocenters. The van der Waals surface area contributed by atoms with Gasteiger partial charge in [-0.3, -0.25) is 9.89 Å². The van der Waals surface area contributed by atoms with Crippen LogP contribution in [0.1, 0.15) is 25.3 Å². The van der Waals surface area contributed by atoms with Crippen molar-refractivity contribution in [2.45, 2.75) is 32.2 Å². The third kappa shape index (κ3) is 7.40. The maximum atomic E-state index is 13.8. The molecule has 146 valence electrons. The average molecular weight is 495 g/mol. The van der Waals surface area contributed by atoms with Gasteiger partial charge in [0.1, 0.15) is 5.82 Å². The van der Waals surface area contributed by atoms with Crippen LogP contribution >= 0.6 is 35.6 Å². The molecular formula is C19H29ClFIN4. The van der Waals surface area contributed by atoms with Gasteiger partial charge in [-0.15, -0.1) is 30.6 Å². The number of guanidine groups is 1. The Morgan fingerprint density at radius 3 is 2.77 bits per heavy atom. The van der Waals surface area contributed by atoms with E-state index in [4.69, 9.17) is 11.6 Å². The Morgan fingerprint density at radius 2 is 2.15 bits per heavy atom. The number of halogens is 3. The van der Waals surface area contributed by atoms with Crippen molar-refractivity contribution in [2.24, 2.45) is 4.99 Å². The van der Waals surface area contributed by atoms with Crippen molar-refractivity contribution >= 4 is 41.5 Å². The molecule has 1 aromatic carbocycles. The van der Waals surface area contributed by atoms with Crippen molar-refractivity contribution in [3.8, 4) is 0 Å². The molecule has 0 aliphatic carbocycles. The van der Waals surface area contributed by atoms with Crippen LogP contribution in [0, 0.1) is 5.82 Å². The molecule has 0 amide bonds. The number of rotatable bonds is 7. The zero-order valence-corrected chi connectivity index (χ0v) is 18.4. The number of likely N-dealkylation sites (tertiary alicyclic amines) is 1. The first-order valence-electron chi connectivity index (χ1n) is 8.95. The van der Waals surface area contributed by atoms with Crippen LogP contribution in [0.4, 0.5) is 4.39 Å². The van der Waals surface area contributed by atoms with Gasteiger partial charge in [-0.05, 0) is 38.3 Å². The second kappa shape index (κ2) is 12.5. The van der Waals surface area contributed by atoms with Crippen LogP contribution in [0.3, 0.4) is 0 Å². The minimum atomic E-state index is -0.268. The lowest BCUT2D eigenvalue weighted by Gasteiger charge is -2.32. The molecule has 0 saturated carbocycles. The highest BCUT2D eigenvalue weighted by atomic mass is 127. The van der Waals surface area contributed by atoms with Gasteiger partial charge in [0, 0.05) is 49.4 Å². The van der Waals surface area contributed by atoms with E-state index in [2.05, 4.69) is 27.1 Å². The summed E-state index contributed by atoms with van der Waals surface area (Å²) >= 11 is 6.07. The fraction of sp³-hybridized carbons (Fsp3) is 0.526. The molecule has 1 aromatic rings. The quantitative estimate of drug-likeness (QED) is 0.262. The normalized spacial score (nSPS) is 16.0. The van der Waals surface area contributed by atoms with Gasteiger partial charge >= 0.3 is 0 Å². The van der Waals surface area contributed by atoms with Gasteiger partial charge in [0.2, 0.25) is 0 Å². The van der Waals surface area contributed by atoms with Crippen LogP contribution in [0.15, 0.2) is 35.8 Å². The maximum absolute atomic E-state index is 13.8. The largest absolute Gasteiger partial charge is 0.357 e. The summed E-state index contributed by atoms with van der Waals surface area (Å²) in [5.41, 5.74) is 0.529.